The van der Waals surface area contributed by atoms with Crippen LogP contribution < -0.4 is 11.2 Å². The number of nitrogens with one attached hydrogen (secondary N) is 1. The van der Waals surface area contributed by atoms with Gasteiger partial charge in [-0.3, -0.25) is 14.3 Å². The van der Waals surface area contributed by atoms with Crippen molar-refractivity contribution in [2.75, 3.05) is 13.2 Å². The molecule has 1 fully saturated rings. The van der Waals surface area contributed by atoms with Crippen LogP contribution in [0.2, 0.25) is 0 Å². The molecule has 4 atom stereocenters. The minimum absolute atomic E-state index is 0.00819. The summed E-state index contributed by atoms with van der Waals surface area (Å²) in [5.41, 5.74) is 7.80. The number of H-pyrrole nitrogens is 1. The molecule has 1 aliphatic rings. The molecule has 0 amide bonds. The lowest BCUT2D eigenvalue weighted by Gasteiger charge is -2.16. The second-order valence-electron chi connectivity index (χ2n) is 5.05. The average molecular weight is 327 g/mol. The van der Waals surface area contributed by atoms with Crippen molar-refractivity contribution in [3.63, 3.8) is 0 Å². The molecule has 1 aliphatic heterocycles. The highest BCUT2D eigenvalue weighted by Gasteiger charge is 2.43. The standard InChI is InChI=1S/C12H17N5O6/c1-6-4-17(12(21)14-10(6)20)2-3-22-11-9(19)8(15-16-13)7(5-18)23-11/h4,7-9,11,18-19H,2-3,5H2,1H3,(H,14,20,21)/t7-,8-,9-,11-/m1/s1. The highest BCUT2D eigenvalue weighted by molar-refractivity contribution is 5.00. The Morgan fingerprint density at radius 3 is 2.96 bits per heavy atom. The Morgan fingerprint density at radius 1 is 1.57 bits per heavy atom. The fourth-order valence-electron chi connectivity index (χ4n) is 2.26. The van der Waals surface area contributed by atoms with E-state index in [1.807, 2.05) is 0 Å². The van der Waals surface area contributed by atoms with Gasteiger partial charge >= 0.3 is 5.69 Å². The first-order chi connectivity index (χ1) is 11.0. The van der Waals surface area contributed by atoms with Gasteiger partial charge in [-0.05, 0) is 12.5 Å². The number of aromatic nitrogens is 2. The quantitative estimate of drug-likeness (QED) is 0.331. The lowest BCUT2D eigenvalue weighted by molar-refractivity contribution is -0.170. The molecule has 2 heterocycles. The molecule has 0 radical (unpaired) electrons. The molecule has 0 unspecified atom stereocenters. The van der Waals surface area contributed by atoms with Gasteiger partial charge in [0.25, 0.3) is 5.56 Å². The number of rotatable bonds is 6. The number of ether oxygens (including phenoxy) is 2. The topological polar surface area (TPSA) is 163 Å². The molecule has 0 saturated carbocycles. The van der Waals surface area contributed by atoms with Gasteiger partial charge in [0.2, 0.25) is 0 Å². The number of nitrogens with zero attached hydrogens (tertiary/aromatic N) is 4. The van der Waals surface area contributed by atoms with Crippen LogP contribution in [0.15, 0.2) is 20.9 Å². The molecule has 2 rings (SSSR count). The van der Waals surface area contributed by atoms with E-state index in [0.717, 1.165) is 0 Å². The molecular weight excluding hydrogens is 310 g/mol. The number of azide groups is 1. The van der Waals surface area contributed by atoms with Crippen LogP contribution in [0.1, 0.15) is 5.56 Å². The first-order valence-corrected chi connectivity index (χ1v) is 6.88. The summed E-state index contributed by atoms with van der Waals surface area (Å²) in [6.45, 7) is 1.27. The summed E-state index contributed by atoms with van der Waals surface area (Å²) in [5.74, 6) is 0. The summed E-state index contributed by atoms with van der Waals surface area (Å²) < 4.78 is 11.9. The number of aryl methyl sites for hydroxylation is 1. The van der Waals surface area contributed by atoms with Crippen molar-refractivity contribution in [2.24, 2.45) is 5.11 Å². The SMILES string of the molecule is Cc1cn(CCO[C@@H]2O[C@H](CO)[C@@H](N=[N+]=[N-])[C@H]2O)c(=O)[nH]c1=O. The minimum atomic E-state index is -1.22. The zero-order valence-corrected chi connectivity index (χ0v) is 12.3. The molecule has 1 aromatic heterocycles. The van der Waals surface area contributed by atoms with Crippen molar-refractivity contribution >= 4 is 0 Å². The van der Waals surface area contributed by atoms with Gasteiger partial charge in [0.15, 0.2) is 6.29 Å². The number of hydrogen-bond donors (Lipinski definition) is 3. The van der Waals surface area contributed by atoms with Gasteiger partial charge in [0, 0.05) is 16.7 Å². The third-order valence-corrected chi connectivity index (χ3v) is 3.49. The van der Waals surface area contributed by atoms with E-state index in [9.17, 15) is 14.7 Å². The van der Waals surface area contributed by atoms with Crippen molar-refractivity contribution < 1.29 is 19.7 Å². The van der Waals surface area contributed by atoms with Crippen LogP contribution in [-0.4, -0.2) is 57.5 Å². The lowest BCUT2D eigenvalue weighted by atomic mass is 10.1. The summed E-state index contributed by atoms with van der Waals surface area (Å²) in [6, 6.07) is -0.951. The highest BCUT2D eigenvalue weighted by atomic mass is 16.7. The molecule has 0 aromatic carbocycles. The number of aliphatic hydroxyl groups is 2. The van der Waals surface area contributed by atoms with E-state index in [-0.39, 0.29) is 13.2 Å². The van der Waals surface area contributed by atoms with Crippen molar-refractivity contribution in [2.45, 2.75) is 38.0 Å². The Balaban J connectivity index is 1.97. The van der Waals surface area contributed by atoms with Crippen molar-refractivity contribution in [3.8, 4) is 0 Å². The number of aliphatic hydroxyl groups excluding tert-OH is 2. The summed E-state index contributed by atoms with van der Waals surface area (Å²) in [6.07, 6.45) is -1.77. The predicted octanol–water partition coefficient (Wildman–Crippen LogP) is -1.38. The average Bonchev–Trinajstić information content (AvgIpc) is 2.81. The Morgan fingerprint density at radius 2 is 2.30 bits per heavy atom. The first kappa shape index (κ1) is 17.2. The van der Waals surface area contributed by atoms with Gasteiger partial charge in [0.1, 0.15) is 6.10 Å². The molecule has 0 aliphatic carbocycles. The Bertz CT molecular complexity index is 709. The second-order valence-corrected chi connectivity index (χ2v) is 5.05. The van der Waals surface area contributed by atoms with Gasteiger partial charge in [0.05, 0.1) is 31.9 Å². The molecule has 126 valence electrons. The Hall–Kier alpha value is -2.17. The monoisotopic (exact) mass is 327 g/mol. The first-order valence-electron chi connectivity index (χ1n) is 6.88. The van der Waals surface area contributed by atoms with Gasteiger partial charge in [-0.2, -0.15) is 0 Å². The summed E-state index contributed by atoms with van der Waals surface area (Å²) >= 11 is 0. The van der Waals surface area contributed by atoms with E-state index in [1.54, 1.807) is 6.92 Å². The molecule has 1 saturated heterocycles. The van der Waals surface area contributed by atoms with E-state index in [4.69, 9.17) is 20.1 Å². The largest absolute Gasteiger partial charge is 0.394 e. The smallest absolute Gasteiger partial charge is 0.328 e. The maximum absolute atomic E-state index is 11.6. The normalized spacial score (nSPS) is 26.9. The second kappa shape index (κ2) is 7.40. The molecular formula is C12H17N5O6. The van der Waals surface area contributed by atoms with E-state index < -0.39 is 42.4 Å². The minimum Gasteiger partial charge on any atom is -0.394 e. The molecule has 23 heavy (non-hydrogen) atoms. The van der Waals surface area contributed by atoms with E-state index in [2.05, 4.69) is 15.0 Å². The Labute approximate surface area is 129 Å². The van der Waals surface area contributed by atoms with Crippen molar-refractivity contribution in [1.82, 2.24) is 9.55 Å². The molecule has 1 aromatic rings. The maximum Gasteiger partial charge on any atom is 0.328 e. The van der Waals surface area contributed by atoms with Gasteiger partial charge in [-0.15, -0.1) is 0 Å². The van der Waals surface area contributed by atoms with Crippen molar-refractivity contribution in [1.29, 1.82) is 0 Å². The van der Waals surface area contributed by atoms with Gasteiger partial charge in [-0.1, -0.05) is 5.11 Å². The van der Waals surface area contributed by atoms with Crippen LogP contribution in [0.3, 0.4) is 0 Å². The Kier molecular flexibility index (Phi) is 5.53. The van der Waals surface area contributed by atoms with E-state index >= 15 is 0 Å². The van der Waals surface area contributed by atoms with Crippen LogP contribution in [0.5, 0.6) is 0 Å². The molecule has 0 bridgehead atoms. The van der Waals surface area contributed by atoms with Crippen LogP contribution in [0.25, 0.3) is 10.4 Å². The van der Waals surface area contributed by atoms with E-state index in [0.29, 0.717) is 5.56 Å². The molecule has 11 heteroatoms. The molecule has 0 spiro atoms. The summed E-state index contributed by atoms with van der Waals surface area (Å²) in [7, 11) is 0. The zero-order valence-electron chi connectivity index (χ0n) is 12.3. The van der Waals surface area contributed by atoms with Crippen LogP contribution in [0.4, 0.5) is 0 Å². The van der Waals surface area contributed by atoms with Crippen LogP contribution >= 0.6 is 0 Å². The fraction of sp³-hybridized carbons (Fsp3) is 0.667. The summed E-state index contributed by atoms with van der Waals surface area (Å²) in [4.78, 5) is 27.6. The van der Waals surface area contributed by atoms with Crippen molar-refractivity contribution in [3.05, 3.63) is 43.0 Å². The van der Waals surface area contributed by atoms with Crippen LogP contribution in [0, 0.1) is 6.92 Å². The predicted molar refractivity (Wildman–Crippen MR) is 76.7 cm³/mol. The zero-order chi connectivity index (χ0) is 17.0. The maximum atomic E-state index is 11.6. The number of hydrogen-bond acceptors (Lipinski definition) is 7. The lowest BCUT2D eigenvalue weighted by Crippen LogP contribution is -2.35. The fourth-order valence-corrected chi connectivity index (χ4v) is 2.26. The van der Waals surface area contributed by atoms with Crippen LogP contribution in [-0.2, 0) is 16.0 Å². The highest BCUT2D eigenvalue weighted by Crippen LogP contribution is 2.24. The van der Waals surface area contributed by atoms with Gasteiger partial charge < -0.3 is 19.7 Å². The van der Waals surface area contributed by atoms with Gasteiger partial charge in [-0.25, -0.2) is 4.79 Å². The molecule has 11 nitrogen and oxygen atoms in total. The van der Waals surface area contributed by atoms with E-state index in [1.165, 1.54) is 10.8 Å². The molecule has 3 N–H and O–H groups in total. The third kappa shape index (κ3) is 3.78. The third-order valence-electron chi connectivity index (χ3n) is 3.49. The summed E-state index contributed by atoms with van der Waals surface area (Å²) in [5, 5.41) is 22.5. The number of aromatic amines is 1.